The van der Waals surface area contributed by atoms with Gasteiger partial charge in [-0.15, -0.1) is 0 Å². The molecule has 3 N–H and O–H groups in total. The van der Waals surface area contributed by atoms with E-state index in [9.17, 15) is 4.79 Å². The summed E-state index contributed by atoms with van der Waals surface area (Å²) in [7, 11) is 4.13. The van der Waals surface area contributed by atoms with Crippen LogP contribution in [0.2, 0.25) is 0 Å². The van der Waals surface area contributed by atoms with Crippen molar-refractivity contribution < 1.29 is 4.79 Å². The van der Waals surface area contributed by atoms with Gasteiger partial charge in [0.15, 0.2) is 5.69 Å². The summed E-state index contributed by atoms with van der Waals surface area (Å²) in [4.78, 5) is 15.2. The van der Waals surface area contributed by atoms with Crippen molar-refractivity contribution in [2.75, 3.05) is 26.0 Å². The number of benzene rings is 2. The summed E-state index contributed by atoms with van der Waals surface area (Å²) in [6.45, 7) is 3.01. The Labute approximate surface area is 203 Å². The van der Waals surface area contributed by atoms with Crippen LogP contribution < -0.4 is 5.32 Å². The van der Waals surface area contributed by atoms with Crippen LogP contribution in [0.3, 0.4) is 0 Å². The van der Waals surface area contributed by atoms with E-state index in [-0.39, 0.29) is 11.9 Å². The van der Waals surface area contributed by atoms with E-state index in [2.05, 4.69) is 81.0 Å². The fourth-order valence-electron chi connectivity index (χ4n) is 4.25. The summed E-state index contributed by atoms with van der Waals surface area (Å²) in [5.74, 6) is -0.285. The molecule has 0 aliphatic carbocycles. The van der Waals surface area contributed by atoms with Crippen LogP contribution >= 0.6 is 0 Å². The molecule has 5 aromatic rings. The number of hydrogen-bond donors (Lipinski definition) is 3. The molecule has 1 atom stereocenters. The molecule has 9 nitrogen and oxygen atoms in total. The van der Waals surface area contributed by atoms with Crippen molar-refractivity contribution in [3.8, 4) is 11.1 Å². The number of aromatic amines is 2. The molecule has 178 valence electrons. The number of hydrogen-bond acceptors (Lipinski definition) is 5. The topological polar surface area (TPSA) is 108 Å². The minimum absolute atomic E-state index is 0.0653. The van der Waals surface area contributed by atoms with E-state index < -0.39 is 0 Å². The average molecular weight is 469 g/mol. The van der Waals surface area contributed by atoms with E-state index in [1.165, 1.54) is 11.1 Å². The number of carbonyl (C=O) groups is 1. The molecule has 3 heterocycles. The molecule has 35 heavy (non-hydrogen) atoms. The Morgan fingerprint density at radius 1 is 1.14 bits per heavy atom. The fraction of sp³-hybridized carbons (Fsp3) is 0.231. The maximum atomic E-state index is 13.1. The Kier molecular flexibility index (Phi) is 6.15. The van der Waals surface area contributed by atoms with Gasteiger partial charge in [-0.1, -0.05) is 35.9 Å². The van der Waals surface area contributed by atoms with Gasteiger partial charge in [0.25, 0.3) is 5.91 Å². The molecule has 0 aliphatic rings. The second-order valence-electron chi connectivity index (χ2n) is 9.00. The van der Waals surface area contributed by atoms with Gasteiger partial charge in [0, 0.05) is 23.3 Å². The number of amides is 1. The lowest BCUT2D eigenvalue weighted by Crippen LogP contribution is -2.20. The first kappa shape index (κ1) is 22.5. The number of anilines is 1. The standard InChI is InChI=1S/C26H28N8O/c1-17-5-4-6-19(11-17)24(9-10-33(2)3)34-16-21(15-29-34)30-26(35)25-22-8-7-18(12-23(22)31-32-25)20-13-27-28-14-20/h4-8,11-16,24H,9-10H2,1-3H3,(H,27,28)(H,30,35)(H,31,32). The van der Waals surface area contributed by atoms with Crippen LogP contribution in [0.15, 0.2) is 67.3 Å². The minimum Gasteiger partial charge on any atom is -0.318 e. The molecule has 1 amide bonds. The van der Waals surface area contributed by atoms with E-state index in [1.54, 1.807) is 12.4 Å². The van der Waals surface area contributed by atoms with E-state index in [4.69, 9.17) is 0 Å². The molecule has 9 heteroatoms. The van der Waals surface area contributed by atoms with Crippen LogP contribution in [-0.4, -0.2) is 61.6 Å². The van der Waals surface area contributed by atoms with Gasteiger partial charge in [-0.05, 0) is 57.2 Å². The Balaban J connectivity index is 1.36. The van der Waals surface area contributed by atoms with Gasteiger partial charge in [-0.2, -0.15) is 15.3 Å². The largest absolute Gasteiger partial charge is 0.318 e. The number of fused-ring (bicyclic) bond motifs is 1. The Bertz CT molecular complexity index is 1450. The zero-order chi connectivity index (χ0) is 24.4. The van der Waals surface area contributed by atoms with Crippen molar-refractivity contribution in [3.63, 3.8) is 0 Å². The number of nitrogens with zero attached hydrogens (tertiary/aromatic N) is 5. The van der Waals surface area contributed by atoms with Gasteiger partial charge < -0.3 is 10.2 Å². The molecule has 3 aromatic heterocycles. The van der Waals surface area contributed by atoms with Gasteiger partial charge in [0.2, 0.25) is 0 Å². The number of rotatable bonds is 8. The fourth-order valence-corrected chi connectivity index (χ4v) is 4.25. The average Bonchev–Trinajstić information content (AvgIpc) is 3.60. The molecular weight excluding hydrogens is 440 g/mol. The second kappa shape index (κ2) is 9.55. The van der Waals surface area contributed by atoms with E-state index in [1.807, 2.05) is 35.3 Å². The third-order valence-corrected chi connectivity index (χ3v) is 6.06. The molecule has 1 unspecified atom stereocenters. The lowest BCUT2D eigenvalue weighted by atomic mass is 10.0. The molecule has 5 rings (SSSR count). The first-order valence-electron chi connectivity index (χ1n) is 11.5. The highest BCUT2D eigenvalue weighted by atomic mass is 16.2. The van der Waals surface area contributed by atoms with E-state index in [0.717, 1.165) is 35.0 Å². The number of nitrogens with one attached hydrogen (secondary N) is 3. The smallest absolute Gasteiger partial charge is 0.276 e. The quantitative estimate of drug-likeness (QED) is 0.316. The summed E-state index contributed by atoms with van der Waals surface area (Å²) >= 11 is 0. The van der Waals surface area contributed by atoms with Crippen LogP contribution in [0.5, 0.6) is 0 Å². The van der Waals surface area contributed by atoms with Crippen molar-refractivity contribution in [2.24, 2.45) is 0 Å². The Morgan fingerprint density at radius 3 is 2.80 bits per heavy atom. The normalized spacial score (nSPS) is 12.3. The predicted octanol–water partition coefficient (Wildman–Crippen LogP) is 4.25. The molecule has 0 saturated carbocycles. The lowest BCUT2D eigenvalue weighted by molar-refractivity contribution is 0.102. The SMILES string of the molecule is Cc1cccc(C(CCN(C)C)n2cc(NC(=O)c3n[nH]c4cc(-c5cn[nH]c5)ccc34)cn2)c1. The minimum atomic E-state index is -0.285. The zero-order valence-corrected chi connectivity index (χ0v) is 20.0. The third kappa shape index (κ3) is 4.85. The van der Waals surface area contributed by atoms with Crippen molar-refractivity contribution in [1.82, 2.24) is 35.1 Å². The molecule has 2 aromatic carbocycles. The lowest BCUT2D eigenvalue weighted by Gasteiger charge is -2.20. The van der Waals surface area contributed by atoms with Crippen molar-refractivity contribution in [1.29, 1.82) is 0 Å². The van der Waals surface area contributed by atoms with Gasteiger partial charge >= 0.3 is 0 Å². The summed E-state index contributed by atoms with van der Waals surface area (Å²) in [6.07, 6.45) is 8.04. The molecular formula is C26H28N8O. The maximum Gasteiger partial charge on any atom is 0.276 e. The van der Waals surface area contributed by atoms with Gasteiger partial charge in [0.05, 0.1) is 29.6 Å². The van der Waals surface area contributed by atoms with Crippen LogP contribution in [0.1, 0.15) is 34.1 Å². The molecule has 0 aliphatic heterocycles. The molecule has 0 radical (unpaired) electrons. The molecule has 0 saturated heterocycles. The highest BCUT2D eigenvalue weighted by molar-refractivity contribution is 6.11. The second-order valence-corrected chi connectivity index (χ2v) is 9.00. The van der Waals surface area contributed by atoms with Crippen LogP contribution in [0, 0.1) is 6.92 Å². The van der Waals surface area contributed by atoms with Crippen molar-refractivity contribution in [3.05, 3.63) is 84.1 Å². The summed E-state index contributed by atoms with van der Waals surface area (Å²) in [5, 5.41) is 22.3. The van der Waals surface area contributed by atoms with Crippen LogP contribution in [0.4, 0.5) is 5.69 Å². The van der Waals surface area contributed by atoms with E-state index >= 15 is 0 Å². The number of aromatic nitrogens is 6. The number of carbonyl (C=O) groups excluding carboxylic acids is 1. The third-order valence-electron chi connectivity index (χ3n) is 6.06. The van der Waals surface area contributed by atoms with Gasteiger partial charge in [-0.3, -0.25) is 19.7 Å². The predicted molar refractivity (Wildman–Crippen MR) is 136 cm³/mol. The van der Waals surface area contributed by atoms with Gasteiger partial charge in [-0.25, -0.2) is 0 Å². The molecule has 0 spiro atoms. The summed E-state index contributed by atoms with van der Waals surface area (Å²) < 4.78 is 1.92. The summed E-state index contributed by atoms with van der Waals surface area (Å²) in [6, 6.07) is 14.3. The summed E-state index contributed by atoms with van der Waals surface area (Å²) in [5.41, 5.74) is 6.12. The van der Waals surface area contributed by atoms with Gasteiger partial charge in [0.1, 0.15) is 0 Å². The van der Waals surface area contributed by atoms with Crippen LogP contribution in [-0.2, 0) is 0 Å². The van der Waals surface area contributed by atoms with Crippen LogP contribution in [0.25, 0.3) is 22.0 Å². The number of H-pyrrole nitrogens is 2. The first-order chi connectivity index (χ1) is 17.0. The van der Waals surface area contributed by atoms with Crippen molar-refractivity contribution in [2.45, 2.75) is 19.4 Å². The highest BCUT2D eigenvalue weighted by Crippen LogP contribution is 2.26. The Morgan fingerprint density at radius 2 is 2.03 bits per heavy atom. The number of aryl methyl sites for hydroxylation is 1. The Hall–Kier alpha value is -4.24. The van der Waals surface area contributed by atoms with Crippen molar-refractivity contribution >= 4 is 22.5 Å². The first-order valence-corrected chi connectivity index (χ1v) is 11.5. The highest BCUT2D eigenvalue weighted by Gasteiger charge is 2.19. The molecule has 0 bridgehead atoms. The van der Waals surface area contributed by atoms with E-state index in [0.29, 0.717) is 11.4 Å². The monoisotopic (exact) mass is 468 g/mol. The zero-order valence-electron chi connectivity index (χ0n) is 20.0. The molecule has 0 fully saturated rings. The maximum absolute atomic E-state index is 13.1.